The number of imidazole rings is 1. The van der Waals surface area contributed by atoms with Crippen molar-refractivity contribution in [2.24, 2.45) is 0 Å². The summed E-state index contributed by atoms with van der Waals surface area (Å²) in [5.74, 6) is 1.71. The number of nitrogens with zero attached hydrogens (tertiary/aromatic N) is 3. The first-order chi connectivity index (χ1) is 26.1. The van der Waals surface area contributed by atoms with Crippen molar-refractivity contribution in [3.63, 3.8) is 0 Å². The number of rotatable bonds is 5. The van der Waals surface area contributed by atoms with Crippen molar-refractivity contribution in [3.05, 3.63) is 144 Å². The summed E-state index contributed by atoms with van der Waals surface area (Å²) in [7, 11) is 0. The van der Waals surface area contributed by atoms with Gasteiger partial charge >= 0.3 is 0 Å². The van der Waals surface area contributed by atoms with Gasteiger partial charge in [0.15, 0.2) is 5.58 Å². The monoisotopic (exact) mass is 897 g/mol. The molecule has 5 nitrogen and oxygen atoms in total. The standard InChI is InChI=1S/C49H40N3O2.Pt/c1-27(2)31-14-11-15-32(28(3)4)47(31)52-39-17-10-9-16-37(39)51-48(52)30-18-20-35-34(26-30)43-36(49(35,5)6)21-24-41-45(43)46-42(54-41)25-22-38(50-46)44-33-13-8-7-12-29(33)19-23-40(44)53;/h7-25,27-28,53H,1-6H3;/q-1;. The maximum atomic E-state index is 11.2. The van der Waals surface area contributed by atoms with E-state index < -0.39 is 0 Å². The number of aromatic hydroxyl groups is 1. The summed E-state index contributed by atoms with van der Waals surface area (Å²) in [6.45, 7) is 13.6. The third-order valence-electron chi connectivity index (χ3n) is 11.6. The zero-order valence-corrected chi connectivity index (χ0v) is 33.9. The predicted octanol–water partition coefficient (Wildman–Crippen LogP) is 12.9. The molecule has 3 heterocycles. The van der Waals surface area contributed by atoms with Gasteiger partial charge in [0.1, 0.15) is 16.8 Å². The second-order valence-corrected chi connectivity index (χ2v) is 15.8. The van der Waals surface area contributed by atoms with Crippen molar-refractivity contribution in [1.29, 1.82) is 0 Å². The molecule has 0 aliphatic heterocycles. The quantitative estimate of drug-likeness (QED) is 0.175. The van der Waals surface area contributed by atoms with Gasteiger partial charge in [0.2, 0.25) is 0 Å². The molecule has 0 unspecified atom stereocenters. The molecule has 6 heteroatoms. The van der Waals surface area contributed by atoms with E-state index in [0.717, 1.165) is 60.8 Å². The summed E-state index contributed by atoms with van der Waals surface area (Å²) in [6, 6.07) is 43.6. The van der Waals surface area contributed by atoms with E-state index in [-0.39, 0.29) is 32.2 Å². The number of phenols is 1. The van der Waals surface area contributed by atoms with Gasteiger partial charge in [-0.25, -0.2) is 4.98 Å². The molecule has 10 rings (SSSR count). The van der Waals surface area contributed by atoms with Crippen LogP contribution in [0.15, 0.2) is 120 Å². The topological polar surface area (TPSA) is 64.1 Å². The molecule has 1 aliphatic carbocycles. The summed E-state index contributed by atoms with van der Waals surface area (Å²) in [6.07, 6.45) is 0. The van der Waals surface area contributed by atoms with E-state index in [4.69, 9.17) is 14.4 Å². The van der Waals surface area contributed by atoms with Crippen LogP contribution in [-0.2, 0) is 26.5 Å². The minimum Gasteiger partial charge on any atom is -0.507 e. The Bertz CT molecular complexity index is 2980. The largest absolute Gasteiger partial charge is 0.507 e. The zero-order chi connectivity index (χ0) is 37.0. The number of fused-ring (bicyclic) bond motifs is 9. The molecule has 1 N–H and O–H groups in total. The summed E-state index contributed by atoms with van der Waals surface area (Å²) in [4.78, 5) is 10.6. The summed E-state index contributed by atoms with van der Waals surface area (Å²) in [5, 5.41) is 14.1. The van der Waals surface area contributed by atoms with E-state index in [1.807, 2.05) is 36.4 Å². The van der Waals surface area contributed by atoms with Crippen LogP contribution < -0.4 is 0 Å². The van der Waals surface area contributed by atoms with Gasteiger partial charge in [-0.15, -0.1) is 29.3 Å². The second kappa shape index (κ2) is 12.8. The molecule has 0 spiro atoms. The van der Waals surface area contributed by atoms with Gasteiger partial charge in [0, 0.05) is 37.7 Å². The molecular weight excluding hydrogens is 858 g/mol. The minimum atomic E-state index is -0.280. The van der Waals surface area contributed by atoms with Crippen LogP contribution in [0.4, 0.5) is 0 Å². The number of pyridine rings is 1. The fraction of sp³-hybridized carbons (Fsp3) is 0.184. The maximum Gasteiger partial charge on any atom is 0.153 e. The van der Waals surface area contributed by atoms with E-state index in [2.05, 4.69) is 125 Å². The van der Waals surface area contributed by atoms with Crippen LogP contribution >= 0.6 is 0 Å². The SMILES string of the molecule is CC(C)c1cccc(C(C)C)c1-n1c(-c2[c-]c3c(cc2)C(C)(C)c2ccc4oc5ccc(-c6c(O)ccc7ccccc67)nc5c4c2-3)nc2ccccc21.[Pt]. The molecule has 0 saturated heterocycles. The fourth-order valence-electron chi connectivity index (χ4n) is 8.87. The number of benzene rings is 6. The van der Waals surface area contributed by atoms with Crippen molar-refractivity contribution in [1.82, 2.24) is 14.5 Å². The molecule has 0 saturated carbocycles. The molecule has 3 aromatic heterocycles. The maximum absolute atomic E-state index is 11.2. The van der Waals surface area contributed by atoms with Crippen molar-refractivity contribution < 1.29 is 30.6 Å². The van der Waals surface area contributed by atoms with Crippen LogP contribution in [0.2, 0.25) is 0 Å². The second-order valence-electron chi connectivity index (χ2n) is 15.8. The van der Waals surface area contributed by atoms with Gasteiger partial charge in [-0.1, -0.05) is 125 Å². The Morgan fingerprint density at radius 1 is 0.691 bits per heavy atom. The van der Waals surface area contributed by atoms with E-state index in [0.29, 0.717) is 28.7 Å². The number of aromatic nitrogens is 3. The van der Waals surface area contributed by atoms with Crippen LogP contribution in [0.3, 0.4) is 0 Å². The Balaban J connectivity index is 0.00000397. The molecular formula is C49H40N3O2Pt-. The third kappa shape index (κ3) is 5.16. The molecule has 55 heavy (non-hydrogen) atoms. The van der Waals surface area contributed by atoms with Crippen LogP contribution in [0.25, 0.3) is 83.3 Å². The Morgan fingerprint density at radius 2 is 1.40 bits per heavy atom. The van der Waals surface area contributed by atoms with Gasteiger partial charge in [-0.05, 0) is 75.5 Å². The third-order valence-corrected chi connectivity index (χ3v) is 11.6. The molecule has 0 radical (unpaired) electrons. The first kappa shape index (κ1) is 35.2. The Morgan fingerprint density at radius 3 is 2.18 bits per heavy atom. The predicted molar refractivity (Wildman–Crippen MR) is 221 cm³/mol. The smallest absolute Gasteiger partial charge is 0.153 e. The van der Waals surface area contributed by atoms with E-state index in [1.165, 1.54) is 27.9 Å². The van der Waals surface area contributed by atoms with Gasteiger partial charge in [-0.3, -0.25) is 4.98 Å². The van der Waals surface area contributed by atoms with Crippen molar-refractivity contribution in [3.8, 4) is 45.2 Å². The molecule has 0 bridgehead atoms. The molecule has 6 aromatic carbocycles. The van der Waals surface area contributed by atoms with Crippen LogP contribution in [0.1, 0.15) is 75.6 Å². The minimum absolute atomic E-state index is 0. The summed E-state index contributed by atoms with van der Waals surface area (Å²) < 4.78 is 8.89. The zero-order valence-electron chi connectivity index (χ0n) is 31.6. The molecule has 9 aromatic rings. The van der Waals surface area contributed by atoms with Gasteiger partial charge in [-0.2, -0.15) is 0 Å². The van der Waals surface area contributed by atoms with Gasteiger partial charge in [0.25, 0.3) is 0 Å². The number of hydrogen-bond acceptors (Lipinski definition) is 4. The number of furan rings is 1. The molecule has 274 valence electrons. The Hall–Kier alpha value is -5.51. The van der Waals surface area contributed by atoms with Crippen molar-refractivity contribution >= 4 is 43.9 Å². The summed E-state index contributed by atoms with van der Waals surface area (Å²) >= 11 is 0. The van der Waals surface area contributed by atoms with Crippen molar-refractivity contribution in [2.45, 2.75) is 58.8 Å². The van der Waals surface area contributed by atoms with Crippen LogP contribution in [0, 0.1) is 6.07 Å². The first-order valence-electron chi connectivity index (χ1n) is 18.9. The van der Waals surface area contributed by atoms with Gasteiger partial charge in [0.05, 0.1) is 22.6 Å². The van der Waals surface area contributed by atoms with E-state index >= 15 is 0 Å². The van der Waals surface area contributed by atoms with Crippen molar-refractivity contribution in [2.75, 3.05) is 0 Å². The molecule has 0 atom stereocenters. The van der Waals surface area contributed by atoms with Crippen LogP contribution in [-0.4, -0.2) is 19.6 Å². The molecule has 0 amide bonds. The van der Waals surface area contributed by atoms with Crippen LogP contribution in [0.5, 0.6) is 5.75 Å². The Kier molecular flexibility index (Phi) is 8.18. The summed E-state index contributed by atoms with van der Waals surface area (Å²) in [5.41, 5.74) is 14.7. The molecule has 1 aliphatic rings. The average molecular weight is 898 g/mol. The number of hydrogen-bond donors (Lipinski definition) is 1. The van der Waals surface area contributed by atoms with E-state index in [1.54, 1.807) is 6.07 Å². The Labute approximate surface area is 335 Å². The fourth-order valence-corrected chi connectivity index (χ4v) is 8.87. The first-order valence-corrected chi connectivity index (χ1v) is 18.9. The molecule has 0 fully saturated rings. The number of phenolic OH excluding ortho intramolecular Hbond substituents is 1. The normalized spacial score (nSPS) is 13.3. The number of para-hydroxylation sites is 3. The van der Waals surface area contributed by atoms with Gasteiger partial charge < -0.3 is 14.1 Å². The average Bonchev–Trinajstić information content (AvgIpc) is 3.81. The van der Waals surface area contributed by atoms with E-state index in [9.17, 15) is 5.11 Å².